The van der Waals surface area contributed by atoms with Crippen LogP contribution >= 0.6 is 0 Å². The molecule has 5 heteroatoms. The largest absolute Gasteiger partial charge is 0.364 e. The number of aromatic nitrogens is 1. The molecule has 1 heterocycles. The smallest absolute Gasteiger partial charge is 0.150 e. The van der Waals surface area contributed by atoms with E-state index in [1.807, 2.05) is 50.1 Å². The SMILES string of the molecule is CN(C)c1ccc(N(C)C)n1-c1ccc(F)cc1F. The average Bonchev–Trinajstić information content (AvgIpc) is 2.73. The summed E-state index contributed by atoms with van der Waals surface area (Å²) in [5, 5.41) is 0. The van der Waals surface area contributed by atoms with Gasteiger partial charge in [0.15, 0.2) is 0 Å². The van der Waals surface area contributed by atoms with E-state index in [1.165, 1.54) is 12.1 Å². The minimum atomic E-state index is -0.581. The molecule has 2 aromatic rings. The maximum atomic E-state index is 14.0. The van der Waals surface area contributed by atoms with Crippen LogP contribution in [0.4, 0.5) is 20.4 Å². The molecule has 0 aliphatic carbocycles. The Bertz CT molecular complexity index is 563. The molecule has 0 amide bonds. The zero-order chi connectivity index (χ0) is 14.2. The van der Waals surface area contributed by atoms with Gasteiger partial charge < -0.3 is 9.80 Å². The van der Waals surface area contributed by atoms with Crippen LogP contribution in [0, 0.1) is 11.6 Å². The van der Waals surface area contributed by atoms with Crippen LogP contribution in [0.25, 0.3) is 5.69 Å². The first-order valence-electron chi connectivity index (χ1n) is 5.93. The van der Waals surface area contributed by atoms with Crippen molar-refractivity contribution in [3.05, 3.63) is 42.0 Å². The Kier molecular flexibility index (Phi) is 3.46. The standard InChI is InChI=1S/C14H17F2N3/c1-17(2)13-7-8-14(18(3)4)19(13)12-6-5-10(15)9-11(12)16/h5-9H,1-4H3. The molecule has 0 atom stereocenters. The summed E-state index contributed by atoms with van der Waals surface area (Å²) < 4.78 is 28.8. The van der Waals surface area contributed by atoms with Crippen LogP contribution in [0.2, 0.25) is 0 Å². The zero-order valence-corrected chi connectivity index (χ0v) is 11.5. The van der Waals surface area contributed by atoms with E-state index in [2.05, 4.69) is 0 Å². The lowest BCUT2D eigenvalue weighted by Gasteiger charge is -2.22. The molecular formula is C14H17F2N3. The van der Waals surface area contributed by atoms with Crippen molar-refractivity contribution >= 4 is 11.6 Å². The second-order valence-corrected chi connectivity index (χ2v) is 4.77. The summed E-state index contributed by atoms with van der Waals surface area (Å²) in [5.74, 6) is 0.497. The van der Waals surface area contributed by atoms with E-state index in [1.54, 1.807) is 4.57 Å². The maximum absolute atomic E-state index is 14.0. The molecule has 102 valence electrons. The monoisotopic (exact) mass is 265 g/mol. The highest BCUT2D eigenvalue weighted by atomic mass is 19.1. The van der Waals surface area contributed by atoms with E-state index in [9.17, 15) is 8.78 Å². The summed E-state index contributed by atoms with van der Waals surface area (Å²) in [6, 6.07) is 7.41. The van der Waals surface area contributed by atoms with Gasteiger partial charge in [0.2, 0.25) is 0 Å². The molecule has 1 aromatic heterocycles. The highest BCUT2D eigenvalue weighted by Gasteiger charge is 2.16. The number of halogens is 2. The second kappa shape index (κ2) is 4.91. The zero-order valence-electron chi connectivity index (χ0n) is 11.5. The molecular weight excluding hydrogens is 248 g/mol. The van der Waals surface area contributed by atoms with Gasteiger partial charge in [0.1, 0.15) is 23.3 Å². The van der Waals surface area contributed by atoms with Crippen LogP contribution in [-0.4, -0.2) is 32.8 Å². The van der Waals surface area contributed by atoms with Crippen molar-refractivity contribution in [3.8, 4) is 5.69 Å². The van der Waals surface area contributed by atoms with E-state index >= 15 is 0 Å². The Morgan fingerprint density at radius 2 is 1.37 bits per heavy atom. The Balaban J connectivity index is 2.68. The summed E-state index contributed by atoms with van der Waals surface area (Å²) in [5.41, 5.74) is 0.332. The molecule has 0 spiro atoms. The molecule has 0 aliphatic rings. The molecule has 0 N–H and O–H groups in total. The molecule has 0 fully saturated rings. The van der Waals surface area contributed by atoms with Gasteiger partial charge in [-0.2, -0.15) is 0 Å². The molecule has 0 aliphatic heterocycles. The summed E-state index contributed by atoms with van der Waals surface area (Å²) in [7, 11) is 7.53. The summed E-state index contributed by atoms with van der Waals surface area (Å²) >= 11 is 0. The van der Waals surface area contributed by atoms with Crippen molar-refractivity contribution in [1.82, 2.24) is 4.57 Å². The van der Waals surface area contributed by atoms with Gasteiger partial charge in [0.05, 0.1) is 5.69 Å². The van der Waals surface area contributed by atoms with Gasteiger partial charge in [-0.25, -0.2) is 8.78 Å². The predicted octanol–water partition coefficient (Wildman–Crippen LogP) is 2.89. The molecule has 2 rings (SSSR count). The Morgan fingerprint density at radius 1 is 0.842 bits per heavy atom. The Morgan fingerprint density at radius 3 is 1.79 bits per heavy atom. The topological polar surface area (TPSA) is 11.4 Å². The minimum absolute atomic E-state index is 0.332. The van der Waals surface area contributed by atoms with Crippen molar-refractivity contribution in [1.29, 1.82) is 0 Å². The van der Waals surface area contributed by atoms with E-state index < -0.39 is 11.6 Å². The first-order valence-corrected chi connectivity index (χ1v) is 5.93. The van der Waals surface area contributed by atoms with Crippen LogP contribution < -0.4 is 9.80 Å². The van der Waals surface area contributed by atoms with Crippen LogP contribution in [0.3, 0.4) is 0 Å². The molecule has 0 saturated heterocycles. The van der Waals surface area contributed by atoms with Gasteiger partial charge in [-0.15, -0.1) is 0 Å². The number of hydrogen-bond donors (Lipinski definition) is 0. The van der Waals surface area contributed by atoms with Crippen molar-refractivity contribution in [2.45, 2.75) is 0 Å². The fraction of sp³-hybridized carbons (Fsp3) is 0.286. The lowest BCUT2D eigenvalue weighted by molar-refractivity contribution is 0.578. The molecule has 0 saturated carbocycles. The van der Waals surface area contributed by atoms with Gasteiger partial charge in [0, 0.05) is 34.3 Å². The van der Waals surface area contributed by atoms with E-state index in [0.717, 1.165) is 17.7 Å². The second-order valence-electron chi connectivity index (χ2n) is 4.77. The van der Waals surface area contributed by atoms with Crippen molar-refractivity contribution < 1.29 is 8.78 Å². The van der Waals surface area contributed by atoms with Gasteiger partial charge in [0.25, 0.3) is 0 Å². The van der Waals surface area contributed by atoms with Crippen LogP contribution in [-0.2, 0) is 0 Å². The average molecular weight is 265 g/mol. The van der Waals surface area contributed by atoms with E-state index in [0.29, 0.717) is 5.69 Å². The van der Waals surface area contributed by atoms with Crippen LogP contribution in [0.5, 0.6) is 0 Å². The Hall–Kier alpha value is -2.04. The number of nitrogens with zero attached hydrogens (tertiary/aromatic N) is 3. The van der Waals surface area contributed by atoms with Gasteiger partial charge in [-0.1, -0.05) is 0 Å². The fourth-order valence-electron chi connectivity index (χ4n) is 2.02. The summed E-state index contributed by atoms with van der Waals surface area (Å²) in [4.78, 5) is 3.77. The van der Waals surface area contributed by atoms with Crippen LogP contribution in [0.15, 0.2) is 30.3 Å². The number of benzene rings is 1. The lowest BCUT2D eigenvalue weighted by atomic mass is 10.3. The third kappa shape index (κ3) is 2.41. The van der Waals surface area contributed by atoms with E-state index in [-0.39, 0.29) is 0 Å². The van der Waals surface area contributed by atoms with Gasteiger partial charge >= 0.3 is 0 Å². The number of hydrogen-bond acceptors (Lipinski definition) is 2. The highest BCUT2D eigenvalue weighted by Crippen LogP contribution is 2.29. The number of anilines is 2. The normalized spacial score (nSPS) is 10.6. The quantitative estimate of drug-likeness (QED) is 0.845. The third-order valence-electron chi connectivity index (χ3n) is 2.91. The fourth-order valence-corrected chi connectivity index (χ4v) is 2.02. The van der Waals surface area contributed by atoms with Crippen molar-refractivity contribution in [2.24, 2.45) is 0 Å². The molecule has 0 bridgehead atoms. The minimum Gasteiger partial charge on any atom is -0.364 e. The van der Waals surface area contributed by atoms with E-state index in [4.69, 9.17) is 0 Å². The predicted molar refractivity (Wildman–Crippen MR) is 74.3 cm³/mol. The van der Waals surface area contributed by atoms with Crippen LogP contribution in [0.1, 0.15) is 0 Å². The first kappa shape index (κ1) is 13.4. The molecule has 0 unspecified atom stereocenters. The highest BCUT2D eigenvalue weighted by molar-refractivity contribution is 5.60. The van der Waals surface area contributed by atoms with Crippen molar-refractivity contribution in [3.63, 3.8) is 0 Å². The van der Waals surface area contributed by atoms with Crippen molar-refractivity contribution in [2.75, 3.05) is 38.0 Å². The molecule has 19 heavy (non-hydrogen) atoms. The van der Waals surface area contributed by atoms with Gasteiger partial charge in [-0.05, 0) is 24.3 Å². The molecule has 3 nitrogen and oxygen atoms in total. The summed E-state index contributed by atoms with van der Waals surface area (Å²) in [6.45, 7) is 0. The molecule has 1 aromatic carbocycles. The maximum Gasteiger partial charge on any atom is 0.150 e. The lowest BCUT2D eigenvalue weighted by Crippen LogP contribution is -2.18. The molecule has 0 radical (unpaired) electrons. The first-order chi connectivity index (χ1) is 8.91. The number of rotatable bonds is 3. The Labute approximate surface area is 111 Å². The van der Waals surface area contributed by atoms with Gasteiger partial charge in [-0.3, -0.25) is 4.57 Å². The summed E-state index contributed by atoms with van der Waals surface area (Å²) in [6.07, 6.45) is 0. The third-order valence-corrected chi connectivity index (χ3v) is 2.91.